The van der Waals surface area contributed by atoms with Crippen LogP contribution >= 0.6 is 55.4 Å². The molecule has 11 aromatic carbocycles. The van der Waals surface area contributed by atoms with Crippen LogP contribution in [0.3, 0.4) is 0 Å². The summed E-state index contributed by atoms with van der Waals surface area (Å²) in [6.45, 7) is 11.3. The van der Waals surface area contributed by atoms with Crippen LogP contribution in [0.5, 0.6) is 0 Å². The summed E-state index contributed by atoms with van der Waals surface area (Å²) in [4.78, 5) is 20.9. The fourth-order valence-corrected chi connectivity index (χ4v) is 15.9. The molecule has 0 unspecified atom stereocenters. The number of carbonyl (C=O) groups is 2. The molecule has 0 spiro atoms. The maximum absolute atomic E-state index is 12.2. The van der Waals surface area contributed by atoms with E-state index >= 15 is 0 Å². The summed E-state index contributed by atoms with van der Waals surface area (Å²) < 4.78 is 30.9. The Bertz CT molecular complexity index is 4680. The first-order valence-electron chi connectivity index (χ1n) is 39.9. The third-order valence-corrected chi connectivity index (χ3v) is 22.9. The molecular formula is C101H106BBr3KO9P. The van der Waals surface area contributed by atoms with Crippen LogP contribution in [0.15, 0.2) is 321 Å². The average molecular weight is 1780 g/mol. The van der Waals surface area contributed by atoms with Crippen molar-refractivity contribution in [3.05, 3.63) is 349 Å². The number of halogens is 3. The van der Waals surface area contributed by atoms with Gasteiger partial charge in [0.1, 0.15) is 11.6 Å². The SMILES string of the molecule is Brc1ccc(C=C2CCC(=Cc3ccc(Br)cc3)CC2)cc1.C(=C1CCC(=Cc2ccc(-c3ccccc3-c3ccccc3)cc2)CC1)c1ccc(-c2ccccc2-c2ccccc2)cc1.C1CCOC1.CC(C)(C)[O-].CCOP(=O)(Cc1ccc(Br)cc1)OCC.O=C1CCC(=O)CC1.OB(O)c1ccccc1-c1ccccc1.[K+]. The zero-order chi connectivity index (χ0) is 81.6. The quantitative estimate of drug-likeness (QED) is 0.0714. The van der Waals surface area contributed by atoms with Crippen LogP contribution < -0.4 is 62.0 Å². The van der Waals surface area contributed by atoms with Crippen LogP contribution in [-0.2, 0) is 34.1 Å². The summed E-state index contributed by atoms with van der Waals surface area (Å²) >= 11 is 10.3. The minimum Gasteiger partial charge on any atom is -0.850 e. The topological polar surface area (TPSA) is 142 Å². The van der Waals surface area contributed by atoms with Crippen molar-refractivity contribution in [1.82, 2.24) is 0 Å². The second kappa shape index (κ2) is 50.7. The smallest absolute Gasteiger partial charge is 0.850 e. The normalized spacial score (nSPS) is 13.7. The molecule has 1 heterocycles. The van der Waals surface area contributed by atoms with E-state index < -0.39 is 20.3 Å². The number of allylic oxidation sites excluding steroid dienone is 4. The summed E-state index contributed by atoms with van der Waals surface area (Å²) in [5.74, 6) is 0.481. The van der Waals surface area contributed by atoms with E-state index in [1.165, 1.54) is 105 Å². The van der Waals surface area contributed by atoms with Gasteiger partial charge in [-0.25, -0.2) is 0 Å². The van der Waals surface area contributed by atoms with Crippen molar-refractivity contribution in [3.63, 3.8) is 0 Å². The van der Waals surface area contributed by atoms with E-state index in [1.807, 2.05) is 80.6 Å². The monoisotopic (exact) mass is 1780 g/mol. The first-order valence-corrected chi connectivity index (χ1v) is 44.0. The molecule has 0 aromatic heterocycles. The van der Waals surface area contributed by atoms with Crippen molar-refractivity contribution < 1.29 is 94.5 Å². The molecule has 15 rings (SSSR count). The standard InChI is InChI=1S/C44H36.C20H18Br2.C12H11BO2.C11H16BrO3P.C6H8O2.C4H8O.C4H9O.K/c1-3-11-37(12-4-1)41-15-7-9-17-43(41)39-27-23-35(24-28-39)31-33-19-21-34(22-20-33)32-36-25-29-40(30-26-36)44-18-10-8-16-42(44)38-13-5-2-6-14-38;21-19-9-5-17(6-10-19)13-15-1-2-16(4-3-15)14-18-7-11-20(22)12-8-18;14-13(15)12-9-5-4-8-11(12)10-6-2-1-3-7-10;1-3-14-16(13,15-4-2)9-10-5-7-11(12)8-6-10;7-5-1-2-6(8)4-3-5;1-2-4-5-3-1;1-4(2,3)5;/h1-18,23-32H,19-22H2;5-14H,1-4H2;1-9,14-15H;5-8H,3-4,9H2,1-2H3;1-4H2;1-4H2;1-3H3;/q;;;;;;-1;+1. The molecular weight excluding hydrogens is 1680 g/mol. The van der Waals surface area contributed by atoms with Gasteiger partial charge in [-0.15, -0.1) is 5.60 Å². The van der Waals surface area contributed by atoms with Gasteiger partial charge < -0.3 is 28.9 Å². The van der Waals surface area contributed by atoms with Crippen LogP contribution in [0, 0.1) is 0 Å². The molecule has 0 amide bonds. The van der Waals surface area contributed by atoms with Crippen molar-refractivity contribution >= 4 is 104 Å². The molecule has 9 nitrogen and oxygen atoms in total. The van der Waals surface area contributed by atoms with E-state index in [2.05, 4.69) is 278 Å². The number of hydrogen-bond acceptors (Lipinski definition) is 9. The minimum absolute atomic E-state index is 0. The molecule has 4 fully saturated rings. The number of ketones is 2. The van der Waals surface area contributed by atoms with Crippen LogP contribution in [0.25, 0.3) is 79.9 Å². The molecule has 3 aliphatic carbocycles. The Morgan fingerprint density at radius 3 is 0.905 bits per heavy atom. The summed E-state index contributed by atoms with van der Waals surface area (Å²) in [6, 6.07) is 98.6. The number of Topliss-reactive ketones (excluding diaryl/α,β-unsaturated/α-hetero) is 2. The molecule has 3 saturated carbocycles. The molecule has 0 atom stereocenters. The molecule has 0 radical (unpaired) electrons. The summed E-state index contributed by atoms with van der Waals surface area (Å²) in [5, 5.41) is 28.5. The van der Waals surface area contributed by atoms with Gasteiger partial charge in [-0.05, 0) is 203 Å². The van der Waals surface area contributed by atoms with Gasteiger partial charge in [0.25, 0.3) is 0 Å². The van der Waals surface area contributed by atoms with Gasteiger partial charge in [0.05, 0.1) is 19.4 Å². The van der Waals surface area contributed by atoms with Gasteiger partial charge in [-0.3, -0.25) is 14.2 Å². The maximum Gasteiger partial charge on any atom is 1.00 e. The minimum atomic E-state index is -2.97. The second-order valence-corrected chi connectivity index (χ2v) is 34.2. The van der Waals surface area contributed by atoms with E-state index in [0.717, 1.165) is 69.0 Å². The zero-order valence-corrected chi connectivity index (χ0v) is 76.6. The van der Waals surface area contributed by atoms with Gasteiger partial charge in [-0.2, -0.15) is 0 Å². The maximum atomic E-state index is 12.2. The molecule has 0 bridgehead atoms. The molecule has 2 N–H and O–H groups in total. The van der Waals surface area contributed by atoms with Gasteiger partial charge in [0.15, 0.2) is 0 Å². The van der Waals surface area contributed by atoms with Crippen LogP contribution in [0.4, 0.5) is 0 Å². The molecule has 11 aromatic rings. The number of carbonyl (C=O) groups excluding carboxylic acids is 2. The van der Waals surface area contributed by atoms with Crippen molar-refractivity contribution in [2.45, 2.75) is 136 Å². The second-order valence-electron chi connectivity index (χ2n) is 29.4. The summed E-state index contributed by atoms with van der Waals surface area (Å²) in [5.41, 5.74) is 24.1. The van der Waals surface area contributed by atoms with Crippen molar-refractivity contribution in [2.75, 3.05) is 26.4 Å². The first kappa shape index (κ1) is 94.3. The van der Waals surface area contributed by atoms with Crippen molar-refractivity contribution in [3.8, 4) is 55.6 Å². The fourth-order valence-electron chi connectivity index (χ4n) is 13.4. The van der Waals surface area contributed by atoms with Gasteiger partial charge in [0.2, 0.25) is 0 Å². The van der Waals surface area contributed by atoms with E-state index in [-0.39, 0.29) is 63.0 Å². The van der Waals surface area contributed by atoms with Crippen molar-refractivity contribution in [1.29, 1.82) is 0 Å². The zero-order valence-electron chi connectivity index (χ0n) is 67.8. The molecule has 4 aliphatic rings. The summed E-state index contributed by atoms with van der Waals surface area (Å²) in [6.07, 6.45) is 23.6. The Kier molecular flexibility index (Phi) is 41.2. The number of ether oxygens (including phenoxy) is 1. The Morgan fingerprint density at radius 2 is 0.629 bits per heavy atom. The van der Waals surface area contributed by atoms with E-state index in [0.29, 0.717) is 50.5 Å². The Balaban J connectivity index is 0.000000195. The van der Waals surface area contributed by atoms with Crippen LogP contribution in [0.2, 0.25) is 0 Å². The van der Waals surface area contributed by atoms with Crippen LogP contribution in [0.1, 0.15) is 152 Å². The van der Waals surface area contributed by atoms with Gasteiger partial charge in [-0.1, -0.05) is 364 Å². The molecule has 1 saturated heterocycles. The van der Waals surface area contributed by atoms with Gasteiger partial charge >= 0.3 is 66.1 Å². The van der Waals surface area contributed by atoms with E-state index in [4.69, 9.17) is 13.8 Å². The Hall–Kier alpha value is -7.15. The predicted octanol–water partition coefficient (Wildman–Crippen LogP) is 23.5. The van der Waals surface area contributed by atoms with E-state index in [1.54, 1.807) is 55.2 Å². The average Bonchev–Trinajstić information content (AvgIpc) is 0.824. The first-order chi connectivity index (χ1) is 55.7. The predicted molar refractivity (Wildman–Crippen MR) is 490 cm³/mol. The third kappa shape index (κ3) is 33.9. The Labute approximate surface area is 757 Å². The molecule has 116 heavy (non-hydrogen) atoms. The third-order valence-electron chi connectivity index (χ3n) is 19.2. The fraction of sp³-hybridized carbons (Fsp3) is 0.248. The Morgan fingerprint density at radius 1 is 0.379 bits per heavy atom. The molecule has 1 aliphatic heterocycles. The van der Waals surface area contributed by atoms with Gasteiger partial charge in [0, 0.05) is 52.3 Å². The number of rotatable bonds is 16. The van der Waals surface area contributed by atoms with Crippen LogP contribution in [-0.4, -0.2) is 60.8 Å². The molecule has 594 valence electrons. The van der Waals surface area contributed by atoms with E-state index in [9.17, 15) is 29.3 Å². The summed E-state index contributed by atoms with van der Waals surface area (Å²) in [7, 11) is -4.40. The number of hydrogen-bond donors (Lipinski definition) is 2. The largest absolute Gasteiger partial charge is 1.00 e. The van der Waals surface area contributed by atoms with Crippen molar-refractivity contribution in [2.24, 2.45) is 0 Å². The number of benzene rings is 11. The molecule has 15 heteroatoms.